The number of guanidine groups is 1. The van der Waals surface area contributed by atoms with Gasteiger partial charge in [0, 0.05) is 24.7 Å². The average Bonchev–Trinajstić information content (AvgIpc) is 2.43. The minimum atomic E-state index is 0. The molecule has 0 amide bonds. The molecule has 0 spiro atoms. The smallest absolute Gasteiger partial charge is 0.191 e. The third kappa shape index (κ3) is 10.3. The van der Waals surface area contributed by atoms with Crippen LogP contribution in [0.15, 0.2) is 29.3 Å². The molecule has 1 aromatic rings. The van der Waals surface area contributed by atoms with E-state index in [1.807, 2.05) is 30.0 Å². The van der Waals surface area contributed by atoms with Crippen molar-refractivity contribution in [2.45, 2.75) is 19.8 Å². The standard InChI is InChI=1S/C15H24ClN3S.HI/c1-3-17-15(18-9-5-11-20-2)19-10-8-13-6-4-7-14(16)12-13;/h4,6-7,12H,3,5,8-11H2,1-2H3,(H2,17,18,19);1H. The van der Waals surface area contributed by atoms with Crippen LogP contribution in [0.1, 0.15) is 18.9 Å². The molecule has 0 aliphatic heterocycles. The number of nitrogens with zero attached hydrogens (tertiary/aromatic N) is 1. The van der Waals surface area contributed by atoms with Gasteiger partial charge in [0.15, 0.2) is 5.96 Å². The molecule has 3 nitrogen and oxygen atoms in total. The second-order valence-corrected chi connectivity index (χ2v) is 5.84. The van der Waals surface area contributed by atoms with Gasteiger partial charge in [0.05, 0.1) is 0 Å². The molecule has 120 valence electrons. The van der Waals surface area contributed by atoms with Gasteiger partial charge in [-0.1, -0.05) is 23.7 Å². The molecule has 1 rings (SSSR count). The number of benzene rings is 1. The molecule has 0 saturated carbocycles. The van der Waals surface area contributed by atoms with Gasteiger partial charge in [0.2, 0.25) is 0 Å². The maximum Gasteiger partial charge on any atom is 0.191 e. The molecule has 21 heavy (non-hydrogen) atoms. The molecule has 6 heteroatoms. The summed E-state index contributed by atoms with van der Waals surface area (Å²) < 4.78 is 0. The van der Waals surface area contributed by atoms with Crippen LogP contribution in [-0.2, 0) is 6.42 Å². The van der Waals surface area contributed by atoms with Gasteiger partial charge in [0.25, 0.3) is 0 Å². The Balaban J connectivity index is 0.00000400. The summed E-state index contributed by atoms with van der Waals surface area (Å²) in [4.78, 5) is 4.55. The Morgan fingerprint density at radius 1 is 1.33 bits per heavy atom. The molecule has 0 heterocycles. The number of hydrogen-bond acceptors (Lipinski definition) is 2. The van der Waals surface area contributed by atoms with E-state index in [1.54, 1.807) is 0 Å². The fraction of sp³-hybridized carbons (Fsp3) is 0.533. The van der Waals surface area contributed by atoms with Crippen molar-refractivity contribution in [3.05, 3.63) is 34.9 Å². The predicted molar refractivity (Wildman–Crippen MR) is 108 cm³/mol. The molecule has 0 aromatic heterocycles. The van der Waals surface area contributed by atoms with Crippen molar-refractivity contribution in [1.82, 2.24) is 10.6 Å². The highest BCUT2D eigenvalue weighted by Gasteiger charge is 1.98. The number of aliphatic imine (C=N–C) groups is 1. The lowest BCUT2D eigenvalue weighted by Crippen LogP contribution is -2.38. The van der Waals surface area contributed by atoms with Crippen LogP contribution in [0.4, 0.5) is 0 Å². The Morgan fingerprint density at radius 3 is 2.81 bits per heavy atom. The van der Waals surface area contributed by atoms with Gasteiger partial charge >= 0.3 is 0 Å². The van der Waals surface area contributed by atoms with E-state index in [-0.39, 0.29) is 24.0 Å². The van der Waals surface area contributed by atoms with E-state index in [0.717, 1.165) is 49.2 Å². The lowest BCUT2D eigenvalue weighted by molar-refractivity contribution is 0.794. The van der Waals surface area contributed by atoms with E-state index in [1.165, 1.54) is 5.56 Å². The second-order valence-electron chi connectivity index (χ2n) is 4.41. The van der Waals surface area contributed by atoms with Gasteiger partial charge in [-0.25, -0.2) is 0 Å². The van der Waals surface area contributed by atoms with Crippen LogP contribution in [0.2, 0.25) is 5.02 Å². The maximum absolute atomic E-state index is 5.98. The van der Waals surface area contributed by atoms with Crippen molar-refractivity contribution in [1.29, 1.82) is 0 Å². The van der Waals surface area contributed by atoms with E-state index < -0.39 is 0 Å². The van der Waals surface area contributed by atoms with Gasteiger partial charge in [-0.2, -0.15) is 11.8 Å². The molecule has 0 fully saturated rings. The van der Waals surface area contributed by atoms with Crippen LogP contribution >= 0.6 is 47.3 Å². The quantitative estimate of drug-likeness (QED) is 0.279. The molecular weight excluding hydrogens is 417 g/mol. The SMILES string of the molecule is CCNC(=NCCCSC)NCCc1cccc(Cl)c1.I. The van der Waals surface area contributed by atoms with Gasteiger partial charge in [-0.15, -0.1) is 24.0 Å². The number of nitrogens with one attached hydrogen (secondary N) is 2. The maximum atomic E-state index is 5.98. The lowest BCUT2D eigenvalue weighted by atomic mass is 10.1. The fourth-order valence-corrected chi connectivity index (χ4v) is 2.39. The van der Waals surface area contributed by atoms with Crippen molar-refractivity contribution in [2.24, 2.45) is 4.99 Å². The van der Waals surface area contributed by atoms with Gasteiger partial charge in [-0.05, 0) is 49.5 Å². The minimum absolute atomic E-state index is 0. The molecular formula is C15H25ClIN3S. The Kier molecular flexibility index (Phi) is 13.4. The first kappa shape index (κ1) is 20.9. The molecule has 0 unspecified atom stereocenters. The van der Waals surface area contributed by atoms with Crippen molar-refractivity contribution >= 4 is 53.3 Å². The summed E-state index contributed by atoms with van der Waals surface area (Å²) >= 11 is 7.84. The van der Waals surface area contributed by atoms with Crippen LogP contribution in [0.5, 0.6) is 0 Å². The second kappa shape index (κ2) is 13.5. The fourth-order valence-electron chi connectivity index (χ4n) is 1.76. The number of rotatable bonds is 8. The molecule has 0 radical (unpaired) electrons. The first-order valence-corrected chi connectivity index (χ1v) is 8.79. The summed E-state index contributed by atoms with van der Waals surface area (Å²) in [7, 11) is 0. The Morgan fingerprint density at radius 2 is 2.14 bits per heavy atom. The molecule has 2 N–H and O–H groups in total. The third-order valence-electron chi connectivity index (χ3n) is 2.72. The summed E-state index contributed by atoms with van der Waals surface area (Å²) in [6, 6.07) is 7.98. The average molecular weight is 442 g/mol. The van der Waals surface area contributed by atoms with Crippen LogP contribution in [0.3, 0.4) is 0 Å². The summed E-state index contributed by atoms with van der Waals surface area (Å²) in [5.41, 5.74) is 1.24. The van der Waals surface area contributed by atoms with Crippen LogP contribution in [0, 0.1) is 0 Å². The zero-order valence-corrected chi connectivity index (χ0v) is 16.6. The van der Waals surface area contributed by atoms with Crippen molar-refractivity contribution < 1.29 is 0 Å². The first-order chi connectivity index (χ1) is 9.76. The molecule has 0 saturated heterocycles. The lowest BCUT2D eigenvalue weighted by Gasteiger charge is -2.11. The summed E-state index contributed by atoms with van der Waals surface area (Å²) in [5.74, 6) is 2.06. The van der Waals surface area contributed by atoms with Crippen molar-refractivity contribution in [3.63, 3.8) is 0 Å². The minimum Gasteiger partial charge on any atom is -0.357 e. The normalized spacial score (nSPS) is 10.9. The highest BCUT2D eigenvalue weighted by Crippen LogP contribution is 2.10. The van der Waals surface area contributed by atoms with Crippen molar-refractivity contribution in [3.8, 4) is 0 Å². The van der Waals surface area contributed by atoms with Crippen LogP contribution < -0.4 is 10.6 Å². The monoisotopic (exact) mass is 441 g/mol. The van der Waals surface area contributed by atoms with Gasteiger partial charge in [0.1, 0.15) is 0 Å². The summed E-state index contributed by atoms with van der Waals surface area (Å²) in [6.45, 7) is 4.68. The van der Waals surface area contributed by atoms with E-state index in [0.29, 0.717) is 0 Å². The topological polar surface area (TPSA) is 36.4 Å². The zero-order valence-electron chi connectivity index (χ0n) is 12.7. The van der Waals surface area contributed by atoms with Crippen LogP contribution in [-0.4, -0.2) is 37.6 Å². The Hall–Kier alpha value is -0.140. The number of thioether (sulfide) groups is 1. The molecule has 0 aliphatic rings. The van der Waals surface area contributed by atoms with E-state index in [2.05, 4.69) is 34.9 Å². The summed E-state index contributed by atoms with van der Waals surface area (Å²) in [5, 5.41) is 7.41. The van der Waals surface area contributed by atoms with Gasteiger partial charge < -0.3 is 10.6 Å². The first-order valence-electron chi connectivity index (χ1n) is 7.01. The third-order valence-corrected chi connectivity index (χ3v) is 3.65. The molecule has 0 atom stereocenters. The van der Waals surface area contributed by atoms with E-state index in [4.69, 9.17) is 11.6 Å². The highest BCUT2D eigenvalue weighted by molar-refractivity contribution is 14.0. The number of halogens is 2. The summed E-state index contributed by atoms with van der Waals surface area (Å²) in [6.07, 6.45) is 4.18. The number of hydrogen-bond donors (Lipinski definition) is 2. The van der Waals surface area contributed by atoms with E-state index in [9.17, 15) is 0 Å². The van der Waals surface area contributed by atoms with Gasteiger partial charge in [-0.3, -0.25) is 4.99 Å². The predicted octanol–water partition coefficient (Wildman–Crippen LogP) is 3.81. The van der Waals surface area contributed by atoms with E-state index >= 15 is 0 Å². The Bertz CT molecular complexity index is 416. The van der Waals surface area contributed by atoms with Crippen LogP contribution in [0.25, 0.3) is 0 Å². The molecule has 0 bridgehead atoms. The Labute approximate surface area is 154 Å². The molecule has 0 aliphatic carbocycles. The zero-order chi connectivity index (χ0) is 14.6. The highest BCUT2D eigenvalue weighted by atomic mass is 127. The molecule has 1 aromatic carbocycles. The van der Waals surface area contributed by atoms with Crippen molar-refractivity contribution in [2.75, 3.05) is 31.6 Å². The largest absolute Gasteiger partial charge is 0.357 e.